The third-order valence-electron chi connectivity index (χ3n) is 3.37. The van der Waals surface area contributed by atoms with Crippen molar-refractivity contribution in [3.8, 4) is 11.8 Å². The molecule has 0 bridgehead atoms. The average molecular weight is 255 g/mol. The Bertz CT molecular complexity index is 595. The number of hydrogen-bond acceptors (Lipinski definition) is 5. The zero-order chi connectivity index (χ0) is 13.1. The SMILES string of the molecule is N#CC1(Cc2nnnn2-c2ccccc2)CCOC1. The molecule has 6 heteroatoms. The number of nitrogens with zero attached hydrogens (tertiary/aromatic N) is 5. The van der Waals surface area contributed by atoms with Crippen molar-refractivity contribution < 1.29 is 4.74 Å². The summed E-state index contributed by atoms with van der Waals surface area (Å²) in [6.07, 6.45) is 1.23. The second-order valence-corrected chi connectivity index (χ2v) is 4.71. The number of para-hydroxylation sites is 1. The van der Waals surface area contributed by atoms with Crippen molar-refractivity contribution in [3.63, 3.8) is 0 Å². The maximum absolute atomic E-state index is 9.37. The van der Waals surface area contributed by atoms with Crippen LogP contribution in [0.1, 0.15) is 12.2 Å². The highest BCUT2D eigenvalue weighted by Gasteiger charge is 2.37. The van der Waals surface area contributed by atoms with Crippen LogP contribution in [0.3, 0.4) is 0 Å². The van der Waals surface area contributed by atoms with E-state index in [0.717, 1.165) is 12.1 Å². The van der Waals surface area contributed by atoms with Crippen LogP contribution < -0.4 is 0 Å². The Balaban J connectivity index is 1.91. The summed E-state index contributed by atoms with van der Waals surface area (Å²) in [4.78, 5) is 0. The Labute approximate surface area is 110 Å². The fourth-order valence-electron chi connectivity index (χ4n) is 2.26. The normalized spacial score (nSPS) is 22.3. The molecule has 1 atom stereocenters. The average Bonchev–Trinajstić information content (AvgIpc) is 3.10. The van der Waals surface area contributed by atoms with Gasteiger partial charge in [-0.2, -0.15) is 9.94 Å². The van der Waals surface area contributed by atoms with E-state index >= 15 is 0 Å². The lowest BCUT2D eigenvalue weighted by molar-refractivity contribution is 0.171. The largest absolute Gasteiger partial charge is 0.380 e. The molecule has 1 aromatic carbocycles. The van der Waals surface area contributed by atoms with Gasteiger partial charge < -0.3 is 4.74 Å². The van der Waals surface area contributed by atoms with Crippen LogP contribution in [0.4, 0.5) is 0 Å². The fourth-order valence-corrected chi connectivity index (χ4v) is 2.26. The Kier molecular flexibility index (Phi) is 2.97. The third-order valence-corrected chi connectivity index (χ3v) is 3.37. The van der Waals surface area contributed by atoms with Crippen molar-refractivity contribution >= 4 is 0 Å². The minimum absolute atomic E-state index is 0.450. The predicted octanol–water partition coefficient (Wildman–Crippen LogP) is 1.14. The molecule has 0 amide bonds. The predicted molar refractivity (Wildman–Crippen MR) is 66.3 cm³/mol. The number of benzene rings is 1. The molecule has 0 aliphatic carbocycles. The van der Waals surface area contributed by atoms with Crippen molar-refractivity contribution in [1.29, 1.82) is 5.26 Å². The van der Waals surface area contributed by atoms with Crippen LogP contribution >= 0.6 is 0 Å². The van der Waals surface area contributed by atoms with E-state index in [1.165, 1.54) is 0 Å². The summed E-state index contributed by atoms with van der Waals surface area (Å²) in [5, 5.41) is 21.1. The van der Waals surface area contributed by atoms with Gasteiger partial charge in [-0.05, 0) is 29.0 Å². The molecule has 6 nitrogen and oxygen atoms in total. The minimum atomic E-state index is -0.499. The van der Waals surface area contributed by atoms with Crippen LogP contribution in [0.2, 0.25) is 0 Å². The van der Waals surface area contributed by atoms with Crippen LogP contribution in [0, 0.1) is 16.7 Å². The number of rotatable bonds is 3. The van der Waals surface area contributed by atoms with E-state index in [9.17, 15) is 5.26 Å². The first-order chi connectivity index (χ1) is 9.33. The molecule has 96 valence electrons. The van der Waals surface area contributed by atoms with Gasteiger partial charge in [0.2, 0.25) is 0 Å². The van der Waals surface area contributed by atoms with Gasteiger partial charge in [-0.15, -0.1) is 5.10 Å². The van der Waals surface area contributed by atoms with Gasteiger partial charge >= 0.3 is 0 Å². The van der Waals surface area contributed by atoms with Crippen molar-refractivity contribution in [1.82, 2.24) is 20.2 Å². The van der Waals surface area contributed by atoms with Gasteiger partial charge in [0.15, 0.2) is 5.82 Å². The van der Waals surface area contributed by atoms with Crippen LogP contribution in [0.25, 0.3) is 5.69 Å². The molecule has 1 aromatic heterocycles. The van der Waals surface area contributed by atoms with Crippen molar-refractivity contribution in [2.45, 2.75) is 12.8 Å². The van der Waals surface area contributed by atoms with Gasteiger partial charge in [-0.3, -0.25) is 0 Å². The molecule has 0 spiro atoms. The molecule has 1 unspecified atom stereocenters. The van der Waals surface area contributed by atoms with E-state index in [1.54, 1.807) is 4.68 Å². The zero-order valence-electron chi connectivity index (χ0n) is 10.4. The number of aromatic nitrogens is 4. The fraction of sp³-hybridized carbons (Fsp3) is 0.385. The monoisotopic (exact) mass is 255 g/mol. The van der Waals surface area contributed by atoms with Crippen LogP contribution in [0.5, 0.6) is 0 Å². The smallest absolute Gasteiger partial charge is 0.158 e. The Hall–Kier alpha value is -2.26. The summed E-state index contributed by atoms with van der Waals surface area (Å²) >= 11 is 0. The van der Waals surface area contributed by atoms with Gasteiger partial charge in [0.25, 0.3) is 0 Å². The van der Waals surface area contributed by atoms with E-state index in [4.69, 9.17) is 4.74 Å². The van der Waals surface area contributed by atoms with Gasteiger partial charge in [-0.1, -0.05) is 18.2 Å². The summed E-state index contributed by atoms with van der Waals surface area (Å²) < 4.78 is 7.02. The summed E-state index contributed by atoms with van der Waals surface area (Å²) in [5.74, 6) is 0.693. The maximum atomic E-state index is 9.37. The molecule has 2 heterocycles. The van der Waals surface area contributed by atoms with Crippen LogP contribution in [0.15, 0.2) is 30.3 Å². The molecule has 0 N–H and O–H groups in total. The first-order valence-electron chi connectivity index (χ1n) is 6.15. The molecule has 1 saturated heterocycles. The first-order valence-corrected chi connectivity index (χ1v) is 6.15. The number of ether oxygens (including phenoxy) is 1. The quantitative estimate of drug-likeness (QED) is 0.821. The van der Waals surface area contributed by atoms with E-state index in [1.807, 2.05) is 30.3 Å². The summed E-state index contributed by atoms with van der Waals surface area (Å²) in [6.45, 7) is 1.08. The second-order valence-electron chi connectivity index (χ2n) is 4.71. The van der Waals surface area contributed by atoms with E-state index in [0.29, 0.717) is 25.5 Å². The Morgan fingerprint density at radius 1 is 1.37 bits per heavy atom. The van der Waals surface area contributed by atoms with Gasteiger partial charge in [-0.25, -0.2) is 0 Å². The Morgan fingerprint density at radius 2 is 2.21 bits per heavy atom. The minimum Gasteiger partial charge on any atom is -0.380 e. The number of hydrogen-bond donors (Lipinski definition) is 0. The standard InChI is InChI=1S/C13H13N5O/c14-9-13(6-7-19-10-13)8-12-15-16-17-18(12)11-4-2-1-3-5-11/h1-5H,6-8,10H2. The lowest BCUT2D eigenvalue weighted by Crippen LogP contribution is -2.24. The lowest BCUT2D eigenvalue weighted by Gasteiger charge is -2.17. The summed E-state index contributed by atoms with van der Waals surface area (Å²) in [6, 6.07) is 12.0. The molecule has 2 aromatic rings. The topological polar surface area (TPSA) is 76.6 Å². The highest BCUT2D eigenvalue weighted by atomic mass is 16.5. The maximum Gasteiger partial charge on any atom is 0.158 e. The van der Waals surface area contributed by atoms with Gasteiger partial charge in [0.05, 0.1) is 23.8 Å². The van der Waals surface area contributed by atoms with E-state index in [-0.39, 0.29) is 0 Å². The third kappa shape index (κ3) is 2.20. The highest BCUT2D eigenvalue weighted by Crippen LogP contribution is 2.31. The zero-order valence-corrected chi connectivity index (χ0v) is 10.4. The van der Waals surface area contributed by atoms with Gasteiger partial charge in [0.1, 0.15) is 0 Å². The molecular weight excluding hydrogens is 242 g/mol. The molecule has 0 saturated carbocycles. The lowest BCUT2D eigenvalue weighted by atomic mass is 9.85. The van der Waals surface area contributed by atoms with Crippen LogP contribution in [-0.4, -0.2) is 33.4 Å². The first kappa shape index (κ1) is 11.8. The number of tetrazole rings is 1. The molecular formula is C13H13N5O. The molecule has 19 heavy (non-hydrogen) atoms. The molecule has 1 aliphatic heterocycles. The van der Waals surface area contributed by atoms with Crippen LogP contribution in [-0.2, 0) is 11.2 Å². The highest BCUT2D eigenvalue weighted by molar-refractivity contribution is 5.30. The molecule has 1 aliphatic rings. The molecule has 3 rings (SSSR count). The van der Waals surface area contributed by atoms with E-state index < -0.39 is 5.41 Å². The summed E-state index contributed by atoms with van der Waals surface area (Å²) in [5.41, 5.74) is 0.399. The summed E-state index contributed by atoms with van der Waals surface area (Å²) in [7, 11) is 0. The van der Waals surface area contributed by atoms with E-state index in [2.05, 4.69) is 21.6 Å². The molecule has 0 radical (unpaired) electrons. The Morgan fingerprint density at radius 3 is 2.89 bits per heavy atom. The number of nitriles is 1. The second kappa shape index (κ2) is 4.78. The van der Waals surface area contributed by atoms with Crippen molar-refractivity contribution in [3.05, 3.63) is 36.2 Å². The van der Waals surface area contributed by atoms with Crippen molar-refractivity contribution in [2.24, 2.45) is 5.41 Å². The van der Waals surface area contributed by atoms with Crippen molar-refractivity contribution in [2.75, 3.05) is 13.2 Å². The molecule has 1 fully saturated rings. The van der Waals surface area contributed by atoms with Gasteiger partial charge in [0, 0.05) is 13.0 Å².